The van der Waals surface area contributed by atoms with Gasteiger partial charge < -0.3 is 4.42 Å². The minimum absolute atomic E-state index is 0.120. The van der Waals surface area contributed by atoms with Gasteiger partial charge in [0, 0.05) is 18.5 Å². The first-order valence-corrected chi connectivity index (χ1v) is 6.81. The minimum atomic E-state index is -0.272. The Labute approximate surface area is 117 Å². The Hall–Kier alpha value is -1.94. The lowest BCUT2D eigenvalue weighted by atomic mass is 9.97. The fraction of sp³-hybridized carbons (Fsp3) is 0.375. The maximum absolute atomic E-state index is 12.1. The number of nitrogens with zero attached hydrogens (tertiary/aromatic N) is 1. The number of hydrogen-bond donors (Lipinski definition) is 0. The Morgan fingerprint density at radius 1 is 1.35 bits per heavy atom. The van der Waals surface area contributed by atoms with Crippen molar-refractivity contribution in [3.63, 3.8) is 0 Å². The van der Waals surface area contributed by atoms with Crippen LogP contribution in [0.15, 0.2) is 27.4 Å². The van der Waals surface area contributed by atoms with Gasteiger partial charge in [0.2, 0.25) is 0 Å². The molecule has 4 nitrogen and oxygen atoms in total. The summed E-state index contributed by atoms with van der Waals surface area (Å²) >= 11 is 0. The molecule has 0 N–H and O–H groups in total. The molecule has 104 valence electrons. The van der Waals surface area contributed by atoms with Crippen molar-refractivity contribution in [2.45, 2.75) is 26.8 Å². The number of Topliss-reactive ketones (excluding diaryl/α,β-unsaturated/α-hetero) is 1. The van der Waals surface area contributed by atoms with Crippen molar-refractivity contribution in [3.8, 4) is 0 Å². The van der Waals surface area contributed by atoms with E-state index in [1.165, 1.54) is 0 Å². The summed E-state index contributed by atoms with van der Waals surface area (Å²) in [6, 6.07) is 5.95. The van der Waals surface area contributed by atoms with E-state index in [-0.39, 0.29) is 11.4 Å². The molecule has 0 saturated heterocycles. The fourth-order valence-electron chi connectivity index (χ4n) is 2.88. The highest BCUT2D eigenvalue weighted by atomic mass is 16.4. The van der Waals surface area contributed by atoms with Gasteiger partial charge in [0.05, 0.1) is 12.1 Å². The summed E-state index contributed by atoms with van der Waals surface area (Å²) < 4.78 is 5.43. The highest BCUT2D eigenvalue weighted by Crippen LogP contribution is 2.25. The first kappa shape index (κ1) is 13.1. The molecule has 0 fully saturated rings. The summed E-state index contributed by atoms with van der Waals surface area (Å²) in [5.74, 6) is 0.120. The van der Waals surface area contributed by atoms with E-state index < -0.39 is 0 Å². The predicted molar refractivity (Wildman–Crippen MR) is 76.9 cm³/mol. The van der Waals surface area contributed by atoms with E-state index in [2.05, 4.69) is 0 Å². The predicted octanol–water partition coefficient (Wildman–Crippen LogP) is 2.05. The number of benzene rings is 1. The first-order valence-electron chi connectivity index (χ1n) is 6.81. The van der Waals surface area contributed by atoms with Crippen molar-refractivity contribution >= 4 is 16.8 Å². The van der Waals surface area contributed by atoms with E-state index in [0.29, 0.717) is 24.2 Å². The number of fused-ring (bicyclic) bond motifs is 3. The van der Waals surface area contributed by atoms with Crippen LogP contribution in [0.2, 0.25) is 0 Å². The van der Waals surface area contributed by atoms with Crippen molar-refractivity contribution < 1.29 is 9.21 Å². The zero-order valence-electron chi connectivity index (χ0n) is 11.7. The van der Waals surface area contributed by atoms with Crippen LogP contribution in [0.3, 0.4) is 0 Å². The van der Waals surface area contributed by atoms with Crippen molar-refractivity contribution in [1.29, 1.82) is 0 Å². The van der Waals surface area contributed by atoms with E-state index in [1.807, 2.05) is 30.0 Å². The Kier molecular flexibility index (Phi) is 3.18. The van der Waals surface area contributed by atoms with Gasteiger partial charge in [-0.3, -0.25) is 9.69 Å². The van der Waals surface area contributed by atoms with Crippen LogP contribution in [-0.4, -0.2) is 23.8 Å². The molecule has 1 aromatic carbocycles. The van der Waals surface area contributed by atoms with Crippen molar-refractivity contribution in [1.82, 2.24) is 4.90 Å². The smallest absolute Gasteiger partial charge is 0.341 e. The molecule has 0 amide bonds. The number of carbonyl (C=O) groups excluding carboxylic acids is 1. The third-order valence-corrected chi connectivity index (χ3v) is 3.78. The van der Waals surface area contributed by atoms with Gasteiger partial charge >= 0.3 is 5.63 Å². The summed E-state index contributed by atoms with van der Waals surface area (Å²) in [5.41, 5.74) is 3.25. The molecule has 1 aromatic heterocycles. The van der Waals surface area contributed by atoms with Crippen molar-refractivity contribution in [3.05, 3.63) is 45.3 Å². The van der Waals surface area contributed by atoms with E-state index in [1.54, 1.807) is 6.92 Å². The molecule has 0 atom stereocenters. The molecular formula is C16H17NO3. The molecule has 2 aromatic rings. The van der Waals surface area contributed by atoms with Crippen LogP contribution < -0.4 is 5.63 Å². The van der Waals surface area contributed by atoms with Gasteiger partial charge in [-0.05, 0) is 37.5 Å². The van der Waals surface area contributed by atoms with Gasteiger partial charge in [0.15, 0.2) is 0 Å². The number of rotatable bonds is 2. The van der Waals surface area contributed by atoms with Crippen molar-refractivity contribution in [2.24, 2.45) is 0 Å². The average Bonchev–Trinajstić information content (AvgIpc) is 2.38. The highest BCUT2D eigenvalue weighted by molar-refractivity contribution is 5.82. The molecule has 0 saturated carbocycles. The number of hydrogen-bond acceptors (Lipinski definition) is 4. The molecule has 0 radical (unpaired) electrons. The molecule has 0 unspecified atom stereocenters. The summed E-state index contributed by atoms with van der Waals surface area (Å²) in [6.07, 6.45) is 0.785. The third kappa shape index (κ3) is 2.27. The van der Waals surface area contributed by atoms with Gasteiger partial charge in [-0.1, -0.05) is 12.1 Å². The Balaban J connectivity index is 2.09. The Morgan fingerprint density at radius 3 is 2.90 bits per heavy atom. The van der Waals surface area contributed by atoms with Crippen molar-refractivity contribution in [2.75, 3.05) is 13.1 Å². The molecule has 2 heterocycles. The van der Waals surface area contributed by atoms with Crippen LogP contribution in [0.1, 0.15) is 23.6 Å². The highest BCUT2D eigenvalue weighted by Gasteiger charge is 2.23. The molecule has 4 heteroatoms. The Bertz CT molecular complexity index is 745. The molecule has 0 spiro atoms. The van der Waals surface area contributed by atoms with Crippen LogP contribution in [0.5, 0.6) is 0 Å². The van der Waals surface area contributed by atoms with E-state index in [0.717, 1.165) is 29.5 Å². The Morgan fingerprint density at radius 2 is 2.15 bits per heavy atom. The molecule has 20 heavy (non-hydrogen) atoms. The largest absolute Gasteiger partial charge is 0.422 e. The van der Waals surface area contributed by atoms with Crippen LogP contribution >= 0.6 is 0 Å². The van der Waals surface area contributed by atoms with Gasteiger partial charge in [-0.15, -0.1) is 0 Å². The molecule has 3 rings (SSSR count). The molecule has 1 aliphatic rings. The van der Waals surface area contributed by atoms with E-state index in [9.17, 15) is 9.59 Å². The SMILES string of the molecule is CC(=O)CN1CCc2c(c(=O)oc3cc(C)ccc23)C1. The summed E-state index contributed by atoms with van der Waals surface area (Å²) in [7, 11) is 0. The van der Waals surface area contributed by atoms with Gasteiger partial charge in [-0.25, -0.2) is 4.79 Å². The molecule has 0 aliphatic carbocycles. The lowest BCUT2D eigenvalue weighted by Gasteiger charge is -2.27. The normalized spacial score (nSPS) is 15.3. The zero-order valence-corrected chi connectivity index (χ0v) is 11.7. The van der Waals surface area contributed by atoms with Gasteiger partial charge in [0.25, 0.3) is 0 Å². The first-order chi connectivity index (χ1) is 9.54. The lowest BCUT2D eigenvalue weighted by molar-refractivity contribution is -0.118. The number of aryl methyl sites for hydroxylation is 1. The van der Waals surface area contributed by atoms with E-state index in [4.69, 9.17) is 4.42 Å². The quantitative estimate of drug-likeness (QED) is 0.784. The second-order valence-electron chi connectivity index (χ2n) is 5.51. The third-order valence-electron chi connectivity index (χ3n) is 3.78. The topological polar surface area (TPSA) is 50.5 Å². The summed E-state index contributed by atoms with van der Waals surface area (Å²) in [4.78, 5) is 25.4. The lowest BCUT2D eigenvalue weighted by Crippen LogP contribution is -2.36. The van der Waals surface area contributed by atoms with Gasteiger partial charge in [0.1, 0.15) is 11.4 Å². The van der Waals surface area contributed by atoms with Gasteiger partial charge in [-0.2, -0.15) is 0 Å². The average molecular weight is 271 g/mol. The van der Waals surface area contributed by atoms with Crippen LogP contribution in [0, 0.1) is 6.92 Å². The second kappa shape index (κ2) is 4.87. The number of ketones is 1. The second-order valence-corrected chi connectivity index (χ2v) is 5.51. The molecule has 1 aliphatic heterocycles. The van der Waals surface area contributed by atoms with Crippen LogP contribution in [-0.2, 0) is 17.8 Å². The van der Waals surface area contributed by atoms with Crippen LogP contribution in [0.25, 0.3) is 11.0 Å². The maximum atomic E-state index is 12.1. The summed E-state index contributed by atoms with van der Waals surface area (Å²) in [6.45, 7) is 5.25. The summed E-state index contributed by atoms with van der Waals surface area (Å²) in [5, 5.41) is 1.02. The zero-order chi connectivity index (χ0) is 14.3. The van der Waals surface area contributed by atoms with E-state index >= 15 is 0 Å². The number of carbonyl (C=O) groups is 1. The van der Waals surface area contributed by atoms with Crippen LogP contribution in [0.4, 0.5) is 0 Å². The molecule has 0 bridgehead atoms. The molecular weight excluding hydrogens is 254 g/mol. The fourth-order valence-corrected chi connectivity index (χ4v) is 2.88. The monoisotopic (exact) mass is 271 g/mol. The minimum Gasteiger partial charge on any atom is -0.422 e. The standard InChI is InChI=1S/C16H17NO3/c1-10-3-4-13-12-5-6-17(8-11(2)18)9-14(12)16(19)20-15(13)7-10/h3-4,7H,5-6,8-9H2,1-2H3. The maximum Gasteiger partial charge on any atom is 0.341 e.